The zero-order valence-corrected chi connectivity index (χ0v) is 58.4. The Balaban J connectivity index is -0.0000000426. The van der Waals surface area contributed by atoms with Crippen LogP contribution in [0.25, 0.3) is 0 Å². The Hall–Kier alpha value is -4.82. The van der Waals surface area contributed by atoms with E-state index in [9.17, 15) is 0 Å². The van der Waals surface area contributed by atoms with Crippen LogP contribution in [0.5, 0.6) is 23.0 Å². The Kier molecular flexibility index (Phi) is 218. The van der Waals surface area contributed by atoms with E-state index >= 15 is 0 Å². The molecule has 5 aromatic carbocycles. The summed E-state index contributed by atoms with van der Waals surface area (Å²) in [5.41, 5.74) is 0. The van der Waals surface area contributed by atoms with Gasteiger partial charge in [0.1, 0.15) is 23.0 Å². The lowest BCUT2D eigenvalue weighted by atomic mass is 10.3. The number of hydrogen-bond donors (Lipinski definition) is 3. The lowest BCUT2D eigenvalue weighted by Crippen LogP contribution is -2.13. The molecular weight excluding hydrogens is 965 g/mol. The first-order valence-electron chi connectivity index (χ1n) is 30.5. The minimum absolute atomic E-state index is 0.0509. The number of para-hydroxylation sites is 4. The Bertz CT molecular complexity index is 1200. The number of phenols is 3. The molecule has 2 atom stereocenters. The van der Waals surface area contributed by atoms with Gasteiger partial charge in [0.2, 0.25) is 0 Å². The summed E-state index contributed by atoms with van der Waals surface area (Å²) in [7, 11) is 3.24. The second-order valence-electron chi connectivity index (χ2n) is 12.2. The highest BCUT2D eigenvalue weighted by atomic mass is 16.7. The van der Waals surface area contributed by atoms with Gasteiger partial charge >= 0.3 is 0 Å². The fraction of sp³-hybridized carbons (Fsp3) is 0.577. The van der Waals surface area contributed by atoms with E-state index in [-0.39, 0.29) is 12.6 Å². The van der Waals surface area contributed by atoms with Gasteiger partial charge in [0, 0.05) is 20.8 Å². The molecule has 0 bridgehead atoms. The van der Waals surface area contributed by atoms with Crippen molar-refractivity contribution in [3.8, 4) is 23.0 Å². The zero-order valence-electron chi connectivity index (χ0n) is 58.4. The van der Waals surface area contributed by atoms with Crippen molar-refractivity contribution >= 4 is 0 Å². The van der Waals surface area contributed by atoms with Crippen LogP contribution in [-0.2, 0) is 14.2 Å². The quantitative estimate of drug-likeness (QED) is 0.146. The van der Waals surface area contributed by atoms with Crippen LogP contribution < -0.4 is 4.74 Å². The van der Waals surface area contributed by atoms with Gasteiger partial charge in [-0.1, -0.05) is 335 Å². The Morgan fingerprint density at radius 1 is 0.282 bits per heavy atom. The van der Waals surface area contributed by atoms with Crippen molar-refractivity contribution in [2.24, 2.45) is 0 Å². The lowest BCUT2D eigenvalue weighted by Gasteiger charge is -2.11. The minimum Gasteiger partial charge on any atom is -0.508 e. The molecule has 0 fully saturated rings. The molecule has 2 unspecified atom stereocenters. The van der Waals surface area contributed by atoms with Crippen molar-refractivity contribution in [3.05, 3.63) is 158 Å². The van der Waals surface area contributed by atoms with E-state index in [4.69, 9.17) is 34.3 Å². The van der Waals surface area contributed by atoms with Crippen LogP contribution >= 0.6 is 0 Å². The SMILES string of the molecule is CC.CC.CC.CC.CC.CC.CC.CC.CC.CCC.CCC.CCC.CCC.CCC.CCOC(C)OC.COC(C)Oc1ccccc1.Oc1ccccc1.Oc1ccccc1.Oc1ccccc1.c1ccccc1. The molecule has 0 saturated carbocycles. The average Bonchev–Trinajstić information content (AvgIpc) is 3.51. The van der Waals surface area contributed by atoms with Crippen LogP contribution in [-0.4, -0.2) is 48.7 Å². The maximum atomic E-state index is 8.63. The first kappa shape index (κ1) is 113. The van der Waals surface area contributed by atoms with E-state index in [0.29, 0.717) is 17.2 Å². The summed E-state index contributed by atoms with van der Waals surface area (Å²) in [6, 6.07) is 47.7. The number of hydrogen-bond acceptors (Lipinski definition) is 7. The van der Waals surface area contributed by atoms with Crippen molar-refractivity contribution in [1.29, 1.82) is 0 Å². The molecule has 0 spiro atoms. The first-order valence-corrected chi connectivity index (χ1v) is 30.5. The Morgan fingerprint density at radius 2 is 0.436 bits per heavy atom. The third kappa shape index (κ3) is 180. The van der Waals surface area contributed by atoms with E-state index in [2.05, 4.69) is 69.2 Å². The van der Waals surface area contributed by atoms with Gasteiger partial charge in [0.25, 0.3) is 0 Å². The van der Waals surface area contributed by atoms with Crippen LogP contribution in [0.4, 0.5) is 0 Å². The van der Waals surface area contributed by atoms with E-state index < -0.39 is 0 Å². The van der Waals surface area contributed by atoms with Crippen molar-refractivity contribution < 1.29 is 34.3 Å². The van der Waals surface area contributed by atoms with Gasteiger partial charge in [-0.15, -0.1) is 0 Å². The average molecular weight is 1110 g/mol. The van der Waals surface area contributed by atoms with Gasteiger partial charge in [-0.05, 0) is 69.3 Å². The molecule has 0 radical (unpaired) electrons. The lowest BCUT2D eigenvalue weighted by molar-refractivity contribution is -0.106. The summed E-state index contributed by atoms with van der Waals surface area (Å²) in [5.74, 6) is 1.80. The molecule has 0 amide bonds. The predicted octanol–water partition coefficient (Wildman–Crippen LogP) is 25.3. The monoisotopic (exact) mass is 1110 g/mol. The van der Waals surface area contributed by atoms with Crippen LogP contribution in [0.3, 0.4) is 0 Å². The summed E-state index contributed by atoms with van der Waals surface area (Å²) in [6.07, 6.45) is 6.02. The number of phenolic OH excluding ortho intramolecular Hbond substituents is 3. The molecule has 7 nitrogen and oxygen atoms in total. The molecule has 468 valence electrons. The third-order valence-corrected chi connectivity index (χ3v) is 5.05. The molecule has 5 rings (SSSR count). The number of benzene rings is 5. The van der Waals surface area contributed by atoms with Crippen molar-refractivity contribution in [1.82, 2.24) is 0 Å². The molecule has 0 aliphatic carbocycles. The molecule has 0 aliphatic heterocycles. The van der Waals surface area contributed by atoms with Crippen molar-refractivity contribution in [2.45, 2.75) is 259 Å². The van der Waals surface area contributed by atoms with Crippen molar-refractivity contribution in [2.75, 3.05) is 20.8 Å². The summed E-state index contributed by atoms with van der Waals surface area (Å²) in [4.78, 5) is 0. The van der Waals surface area contributed by atoms with Gasteiger partial charge in [-0.3, -0.25) is 0 Å². The van der Waals surface area contributed by atoms with Gasteiger partial charge < -0.3 is 34.3 Å². The van der Waals surface area contributed by atoms with E-state index in [1.807, 2.05) is 230 Å². The van der Waals surface area contributed by atoms with Crippen LogP contribution in [0, 0.1) is 0 Å². The van der Waals surface area contributed by atoms with E-state index in [1.54, 1.807) is 87.0 Å². The number of ether oxygens (including phenoxy) is 4. The number of methoxy groups -OCH3 is 2. The summed E-state index contributed by atoms with van der Waals surface area (Å²) >= 11 is 0. The Morgan fingerprint density at radius 3 is 0.551 bits per heavy atom. The number of aromatic hydroxyl groups is 3. The molecule has 0 saturated heterocycles. The molecule has 7 heteroatoms. The highest BCUT2D eigenvalue weighted by Crippen LogP contribution is 2.10. The fourth-order valence-electron chi connectivity index (χ4n) is 2.71. The fourth-order valence-corrected chi connectivity index (χ4v) is 2.71. The molecular formula is C71H142O7. The highest BCUT2D eigenvalue weighted by Gasteiger charge is 1.98. The van der Waals surface area contributed by atoms with Gasteiger partial charge in [-0.2, -0.15) is 0 Å². The second-order valence-corrected chi connectivity index (χ2v) is 12.2. The van der Waals surface area contributed by atoms with Gasteiger partial charge in [-0.25, -0.2) is 0 Å². The van der Waals surface area contributed by atoms with E-state index in [0.717, 1.165) is 12.4 Å². The standard InChI is InChI=1S/C9H12O2.3C6H6O.C6H6.C5H12O2.5C3H8.9C2H6/c1-8(10-2)11-9-6-4-3-5-7-9;3*7-6-4-2-1-3-5-6;1-2-4-6-5-3-1;1-4-7-5(2)6-3;5*1-3-2;9*1-2/h3-8H,1-2H3;3*1-5,7H;1-6H;5H,4H2,1-3H3;5*3H2,1-2H3;9*1-2H3. The highest BCUT2D eigenvalue weighted by molar-refractivity contribution is 5.21. The summed E-state index contributed by atoms with van der Waals surface area (Å²) in [5, 5.41) is 25.9. The Labute approximate surface area is 493 Å². The van der Waals surface area contributed by atoms with Crippen LogP contribution in [0.15, 0.2) is 158 Å². The molecule has 78 heavy (non-hydrogen) atoms. The van der Waals surface area contributed by atoms with Gasteiger partial charge in [0.15, 0.2) is 12.6 Å². The molecule has 0 heterocycles. The molecule has 0 aromatic heterocycles. The van der Waals surface area contributed by atoms with Crippen LogP contribution in [0.1, 0.15) is 247 Å². The maximum Gasteiger partial charge on any atom is 0.196 e. The minimum atomic E-state index is -0.183. The zero-order chi connectivity index (χ0) is 64.9. The second kappa shape index (κ2) is 151. The van der Waals surface area contributed by atoms with Crippen molar-refractivity contribution in [3.63, 3.8) is 0 Å². The topological polar surface area (TPSA) is 97.6 Å². The van der Waals surface area contributed by atoms with Gasteiger partial charge in [0.05, 0.1) is 0 Å². The number of rotatable bonds is 6. The molecule has 5 aromatic rings. The summed E-state index contributed by atoms with van der Waals surface area (Å²) in [6.45, 7) is 63.6. The third-order valence-electron chi connectivity index (χ3n) is 5.05. The summed E-state index contributed by atoms with van der Waals surface area (Å²) < 4.78 is 20.0. The maximum absolute atomic E-state index is 8.63. The smallest absolute Gasteiger partial charge is 0.196 e. The molecule has 3 N–H and O–H groups in total. The largest absolute Gasteiger partial charge is 0.508 e. The first-order chi connectivity index (χ1) is 37.9. The van der Waals surface area contributed by atoms with E-state index in [1.165, 1.54) is 32.1 Å². The predicted molar refractivity (Wildman–Crippen MR) is 364 cm³/mol. The molecule has 0 aliphatic rings. The normalized spacial score (nSPS) is 7.81. The van der Waals surface area contributed by atoms with Crippen LogP contribution in [0.2, 0.25) is 0 Å².